The van der Waals surface area contributed by atoms with Gasteiger partial charge in [-0.25, -0.2) is 0 Å². The molecule has 0 aliphatic heterocycles. The molecule has 0 amide bonds. The SMILES string of the molecule is CC1CCC(N)C(CN(C)Cc2cc(Br)cs2)C1. The molecule has 0 aromatic carbocycles. The summed E-state index contributed by atoms with van der Waals surface area (Å²) in [7, 11) is 2.21. The van der Waals surface area contributed by atoms with E-state index >= 15 is 0 Å². The normalized spacial score (nSPS) is 28.8. The zero-order valence-corrected chi connectivity index (χ0v) is 13.6. The molecule has 2 rings (SSSR count). The molecule has 0 saturated heterocycles. The van der Waals surface area contributed by atoms with Crippen LogP contribution < -0.4 is 5.73 Å². The molecule has 3 unspecified atom stereocenters. The number of rotatable bonds is 4. The van der Waals surface area contributed by atoms with Crippen molar-refractivity contribution in [2.75, 3.05) is 13.6 Å². The van der Waals surface area contributed by atoms with E-state index in [0.717, 1.165) is 19.0 Å². The average Bonchev–Trinajstić information content (AvgIpc) is 2.69. The lowest BCUT2D eigenvalue weighted by atomic mass is 9.79. The minimum atomic E-state index is 0.402. The molecule has 1 heterocycles. The molecule has 0 radical (unpaired) electrons. The van der Waals surface area contributed by atoms with Crippen LogP contribution in [0.15, 0.2) is 15.9 Å². The first kappa shape index (κ1) is 14.5. The van der Waals surface area contributed by atoms with E-state index in [1.54, 1.807) is 0 Å². The fourth-order valence-electron chi connectivity index (χ4n) is 2.90. The van der Waals surface area contributed by atoms with Crippen molar-refractivity contribution in [3.8, 4) is 0 Å². The zero-order chi connectivity index (χ0) is 13.1. The highest BCUT2D eigenvalue weighted by Gasteiger charge is 2.26. The van der Waals surface area contributed by atoms with Gasteiger partial charge < -0.3 is 10.6 Å². The van der Waals surface area contributed by atoms with Gasteiger partial charge in [-0.1, -0.05) is 6.92 Å². The van der Waals surface area contributed by atoms with Crippen molar-refractivity contribution in [3.63, 3.8) is 0 Å². The van der Waals surface area contributed by atoms with Gasteiger partial charge in [0.05, 0.1) is 0 Å². The summed E-state index contributed by atoms with van der Waals surface area (Å²) in [5, 5.41) is 2.15. The minimum absolute atomic E-state index is 0.402. The lowest BCUT2D eigenvalue weighted by molar-refractivity contribution is 0.178. The van der Waals surface area contributed by atoms with Crippen LogP contribution in [0.4, 0.5) is 0 Å². The minimum Gasteiger partial charge on any atom is -0.327 e. The van der Waals surface area contributed by atoms with Gasteiger partial charge in [0.2, 0.25) is 0 Å². The van der Waals surface area contributed by atoms with Crippen molar-refractivity contribution in [1.29, 1.82) is 0 Å². The Kier molecular flexibility index (Phi) is 5.24. The van der Waals surface area contributed by atoms with Gasteiger partial charge in [0.15, 0.2) is 0 Å². The Hall–Kier alpha value is 0.1000. The van der Waals surface area contributed by atoms with Crippen LogP contribution in [0.1, 0.15) is 31.1 Å². The molecular weight excluding hydrogens is 308 g/mol. The maximum atomic E-state index is 6.26. The monoisotopic (exact) mass is 330 g/mol. The molecule has 2 nitrogen and oxygen atoms in total. The zero-order valence-electron chi connectivity index (χ0n) is 11.2. The third-order valence-corrected chi connectivity index (χ3v) is 5.58. The second-order valence-electron chi connectivity index (χ2n) is 5.77. The maximum absolute atomic E-state index is 6.26. The molecule has 1 saturated carbocycles. The molecule has 4 heteroatoms. The van der Waals surface area contributed by atoms with Gasteiger partial charge in [-0.3, -0.25) is 0 Å². The van der Waals surface area contributed by atoms with Crippen molar-refractivity contribution in [2.45, 2.75) is 38.8 Å². The summed E-state index contributed by atoms with van der Waals surface area (Å²) < 4.78 is 1.19. The molecule has 1 aromatic heterocycles. The first-order chi connectivity index (χ1) is 8.54. The van der Waals surface area contributed by atoms with E-state index in [9.17, 15) is 0 Å². The van der Waals surface area contributed by atoms with E-state index in [0.29, 0.717) is 12.0 Å². The smallest absolute Gasteiger partial charge is 0.0325 e. The van der Waals surface area contributed by atoms with Crippen LogP contribution in [0.5, 0.6) is 0 Å². The predicted octanol–water partition coefficient (Wildman–Crippen LogP) is 3.71. The van der Waals surface area contributed by atoms with Crippen molar-refractivity contribution < 1.29 is 0 Å². The number of nitrogens with two attached hydrogens (primary N) is 1. The fourth-order valence-corrected chi connectivity index (χ4v) is 4.43. The highest BCUT2D eigenvalue weighted by Crippen LogP contribution is 2.29. The van der Waals surface area contributed by atoms with Crippen molar-refractivity contribution in [3.05, 3.63) is 20.8 Å². The van der Waals surface area contributed by atoms with E-state index in [-0.39, 0.29) is 0 Å². The molecule has 2 N–H and O–H groups in total. The first-order valence-corrected chi connectivity index (χ1v) is 8.39. The Morgan fingerprint density at radius 2 is 2.28 bits per heavy atom. The van der Waals surface area contributed by atoms with Crippen molar-refractivity contribution in [1.82, 2.24) is 4.90 Å². The Morgan fingerprint density at radius 1 is 1.50 bits per heavy atom. The standard InChI is InChI=1S/C14H23BrN2S/c1-10-3-4-14(16)11(5-10)7-17(2)8-13-6-12(15)9-18-13/h6,9-11,14H,3-5,7-8,16H2,1-2H3. The molecular formula is C14H23BrN2S. The van der Waals surface area contributed by atoms with Crippen LogP contribution in [0.3, 0.4) is 0 Å². The summed E-state index contributed by atoms with van der Waals surface area (Å²) in [6.45, 7) is 4.52. The van der Waals surface area contributed by atoms with Crippen LogP contribution >= 0.6 is 27.3 Å². The average molecular weight is 331 g/mol. The number of nitrogens with zero attached hydrogens (tertiary/aromatic N) is 1. The summed E-state index contributed by atoms with van der Waals surface area (Å²) in [4.78, 5) is 3.84. The number of halogens is 1. The van der Waals surface area contributed by atoms with Gasteiger partial charge in [0.1, 0.15) is 0 Å². The van der Waals surface area contributed by atoms with Crippen LogP contribution in [0.25, 0.3) is 0 Å². The van der Waals surface area contributed by atoms with Crippen molar-refractivity contribution >= 4 is 27.3 Å². The summed E-state index contributed by atoms with van der Waals surface area (Å²) in [6.07, 6.45) is 3.79. The Morgan fingerprint density at radius 3 is 2.94 bits per heavy atom. The van der Waals surface area contributed by atoms with E-state index in [4.69, 9.17) is 5.73 Å². The summed E-state index contributed by atoms with van der Waals surface area (Å²) in [6, 6.07) is 2.61. The molecule has 3 atom stereocenters. The van der Waals surface area contributed by atoms with Gasteiger partial charge >= 0.3 is 0 Å². The van der Waals surface area contributed by atoms with Gasteiger partial charge in [-0.2, -0.15) is 0 Å². The van der Waals surface area contributed by atoms with Crippen molar-refractivity contribution in [2.24, 2.45) is 17.6 Å². The highest BCUT2D eigenvalue weighted by molar-refractivity contribution is 9.10. The topological polar surface area (TPSA) is 29.3 Å². The molecule has 0 spiro atoms. The molecule has 1 aromatic rings. The summed E-state index contributed by atoms with van der Waals surface area (Å²) in [5.74, 6) is 1.52. The van der Waals surface area contributed by atoms with Gasteiger partial charge in [-0.05, 0) is 60.1 Å². The molecule has 1 aliphatic rings. The molecule has 102 valence electrons. The van der Waals surface area contributed by atoms with Gasteiger partial charge in [0, 0.05) is 33.9 Å². The third kappa shape index (κ3) is 4.05. The maximum Gasteiger partial charge on any atom is 0.0325 e. The molecule has 18 heavy (non-hydrogen) atoms. The molecule has 0 bridgehead atoms. The molecule has 1 fully saturated rings. The lowest BCUT2D eigenvalue weighted by Gasteiger charge is -2.35. The first-order valence-electron chi connectivity index (χ1n) is 6.71. The third-order valence-electron chi connectivity index (χ3n) is 3.90. The van der Waals surface area contributed by atoms with E-state index in [1.807, 2.05) is 11.3 Å². The Balaban J connectivity index is 1.84. The lowest BCUT2D eigenvalue weighted by Crippen LogP contribution is -2.41. The molecule has 1 aliphatic carbocycles. The van der Waals surface area contributed by atoms with Crippen LogP contribution in [0.2, 0.25) is 0 Å². The van der Waals surface area contributed by atoms with Crippen LogP contribution in [-0.2, 0) is 6.54 Å². The van der Waals surface area contributed by atoms with Crippen LogP contribution in [0, 0.1) is 11.8 Å². The van der Waals surface area contributed by atoms with Gasteiger partial charge in [0.25, 0.3) is 0 Å². The second kappa shape index (κ2) is 6.51. The van der Waals surface area contributed by atoms with Crippen LogP contribution in [-0.4, -0.2) is 24.5 Å². The second-order valence-corrected chi connectivity index (χ2v) is 7.68. The Labute approximate surface area is 123 Å². The van der Waals surface area contributed by atoms with E-state index in [2.05, 4.69) is 46.2 Å². The number of thiophene rings is 1. The van der Waals surface area contributed by atoms with E-state index < -0.39 is 0 Å². The van der Waals surface area contributed by atoms with Gasteiger partial charge in [-0.15, -0.1) is 11.3 Å². The summed E-state index contributed by atoms with van der Waals surface area (Å²) >= 11 is 5.33. The number of hydrogen-bond acceptors (Lipinski definition) is 3. The number of hydrogen-bond donors (Lipinski definition) is 1. The quantitative estimate of drug-likeness (QED) is 0.911. The largest absolute Gasteiger partial charge is 0.327 e. The Bertz CT molecular complexity index is 380. The summed E-state index contributed by atoms with van der Waals surface area (Å²) in [5.41, 5.74) is 6.26. The fraction of sp³-hybridized carbons (Fsp3) is 0.714. The predicted molar refractivity (Wildman–Crippen MR) is 82.8 cm³/mol. The highest BCUT2D eigenvalue weighted by atomic mass is 79.9. The van der Waals surface area contributed by atoms with E-state index in [1.165, 1.54) is 28.6 Å².